The minimum absolute atomic E-state index is 0.0746. The fourth-order valence-corrected chi connectivity index (χ4v) is 3.42. The Morgan fingerprint density at radius 1 is 0.962 bits per heavy atom. The average Bonchev–Trinajstić information content (AvgIpc) is 2.68. The first-order valence-electron chi connectivity index (χ1n) is 8.26. The Kier molecular flexibility index (Phi) is 4.27. The van der Waals surface area contributed by atoms with Crippen LogP contribution < -0.4 is 15.0 Å². The van der Waals surface area contributed by atoms with Crippen LogP contribution in [0, 0.1) is 0 Å². The monoisotopic (exact) mass is 364 g/mol. The van der Waals surface area contributed by atoms with Gasteiger partial charge >= 0.3 is 0 Å². The highest BCUT2D eigenvalue weighted by Gasteiger charge is 2.34. The van der Waals surface area contributed by atoms with E-state index in [2.05, 4.69) is 5.32 Å². The summed E-state index contributed by atoms with van der Waals surface area (Å²) in [6.07, 6.45) is -0.403. The molecular formula is C21H17ClN2O2. The Hall–Kier alpha value is -2.98. The van der Waals surface area contributed by atoms with Crippen molar-refractivity contribution >= 4 is 28.9 Å². The first-order chi connectivity index (χ1) is 12.7. The molecule has 4 nitrogen and oxygen atoms in total. The van der Waals surface area contributed by atoms with Crippen molar-refractivity contribution in [2.75, 3.05) is 17.3 Å². The molecule has 1 N–H and O–H groups in total. The summed E-state index contributed by atoms with van der Waals surface area (Å²) in [6, 6.07) is 22.5. The fraction of sp³-hybridized carbons (Fsp3) is 0.0952. The average molecular weight is 365 g/mol. The third kappa shape index (κ3) is 2.78. The molecular weight excluding hydrogens is 348 g/mol. The van der Waals surface area contributed by atoms with Crippen LogP contribution in [0.4, 0.5) is 11.4 Å². The van der Waals surface area contributed by atoms with Crippen molar-refractivity contribution < 1.29 is 9.53 Å². The van der Waals surface area contributed by atoms with Gasteiger partial charge in [0, 0.05) is 22.0 Å². The summed E-state index contributed by atoms with van der Waals surface area (Å²) in [4.78, 5) is 15.0. The van der Waals surface area contributed by atoms with Crippen molar-refractivity contribution in [1.29, 1.82) is 0 Å². The molecule has 0 bridgehead atoms. The number of carbonyl (C=O) groups excluding carboxylic acids is 1. The summed E-state index contributed by atoms with van der Waals surface area (Å²) >= 11 is 6.43. The number of benzene rings is 3. The number of fused-ring (bicyclic) bond motifs is 1. The van der Waals surface area contributed by atoms with E-state index >= 15 is 0 Å². The highest BCUT2D eigenvalue weighted by molar-refractivity contribution is 6.31. The van der Waals surface area contributed by atoms with Gasteiger partial charge in [-0.15, -0.1) is 0 Å². The summed E-state index contributed by atoms with van der Waals surface area (Å²) in [7, 11) is 1.62. The topological polar surface area (TPSA) is 41.6 Å². The van der Waals surface area contributed by atoms with E-state index in [1.54, 1.807) is 12.0 Å². The molecule has 1 atom stereocenters. The van der Waals surface area contributed by atoms with E-state index < -0.39 is 6.17 Å². The molecule has 1 aliphatic heterocycles. The molecule has 3 aromatic carbocycles. The zero-order valence-corrected chi connectivity index (χ0v) is 14.9. The van der Waals surface area contributed by atoms with E-state index in [1.807, 2.05) is 72.8 Å². The van der Waals surface area contributed by atoms with Crippen molar-refractivity contribution in [1.82, 2.24) is 0 Å². The number of methoxy groups -OCH3 is 1. The number of ether oxygens (including phenoxy) is 1. The summed E-state index contributed by atoms with van der Waals surface area (Å²) < 4.78 is 5.23. The Labute approximate surface area is 157 Å². The Morgan fingerprint density at radius 3 is 2.38 bits per heavy atom. The van der Waals surface area contributed by atoms with Crippen molar-refractivity contribution in [3.05, 3.63) is 88.9 Å². The molecule has 0 saturated carbocycles. The highest BCUT2D eigenvalue weighted by Crippen LogP contribution is 2.38. The van der Waals surface area contributed by atoms with Crippen LogP contribution in [0.1, 0.15) is 22.1 Å². The lowest BCUT2D eigenvalue weighted by Crippen LogP contribution is -2.43. The maximum absolute atomic E-state index is 13.3. The van der Waals surface area contributed by atoms with Crippen molar-refractivity contribution in [2.24, 2.45) is 0 Å². The Bertz CT molecular complexity index is 956. The molecule has 0 fully saturated rings. The van der Waals surface area contributed by atoms with E-state index in [1.165, 1.54) is 0 Å². The van der Waals surface area contributed by atoms with Crippen LogP contribution in [0.2, 0.25) is 5.02 Å². The van der Waals surface area contributed by atoms with Gasteiger partial charge in [-0.3, -0.25) is 9.69 Å². The van der Waals surface area contributed by atoms with Crippen LogP contribution in [0.3, 0.4) is 0 Å². The van der Waals surface area contributed by atoms with Gasteiger partial charge in [-0.1, -0.05) is 41.9 Å². The van der Waals surface area contributed by atoms with Gasteiger partial charge in [-0.05, 0) is 42.5 Å². The van der Waals surface area contributed by atoms with Crippen molar-refractivity contribution in [3.8, 4) is 5.75 Å². The van der Waals surface area contributed by atoms with Crippen LogP contribution in [0.15, 0.2) is 72.8 Å². The maximum Gasteiger partial charge on any atom is 0.262 e. The van der Waals surface area contributed by atoms with Crippen LogP contribution in [0.25, 0.3) is 0 Å². The molecule has 26 heavy (non-hydrogen) atoms. The van der Waals surface area contributed by atoms with Gasteiger partial charge in [0.25, 0.3) is 5.91 Å². The molecule has 1 heterocycles. The van der Waals surface area contributed by atoms with Gasteiger partial charge in [0.05, 0.1) is 12.7 Å². The molecule has 0 saturated heterocycles. The van der Waals surface area contributed by atoms with Crippen LogP contribution in [-0.2, 0) is 0 Å². The van der Waals surface area contributed by atoms with E-state index in [0.29, 0.717) is 10.6 Å². The fourth-order valence-electron chi connectivity index (χ4n) is 3.18. The number of halogens is 1. The van der Waals surface area contributed by atoms with E-state index in [9.17, 15) is 4.79 Å². The van der Waals surface area contributed by atoms with Gasteiger partial charge < -0.3 is 10.1 Å². The van der Waals surface area contributed by atoms with Gasteiger partial charge in [0.2, 0.25) is 0 Å². The molecule has 130 valence electrons. The first kappa shape index (κ1) is 16.5. The first-order valence-corrected chi connectivity index (χ1v) is 8.64. The highest BCUT2D eigenvalue weighted by atomic mass is 35.5. The number of hydrogen-bond donors (Lipinski definition) is 1. The summed E-state index contributed by atoms with van der Waals surface area (Å²) in [5, 5.41) is 4.06. The molecule has 0 radical (unpaired) electrons. The number of nitrogens with one attached hydrogen (secondary N) is 1. The quantitative estimate of drug-likeness (QED) is 0.701. The van der Waals surface area contributed by atoms with Crippen LogP contribution in [0.5, 0.6) is 5.75 Å². The minimum atomic E-state index is -0.403. The standard InChI is InChI=1S/C21H17ClN2O2/c1-26-15-12-10-14(11-13-15)24-20(16-6-2-4-8-18(16)22)23-19-9-5-3-7-17(19)21(24)25/h2-13,20,23H,1H3/t20-/m1/s1. The second kappa shape index (κ2) is 6.73. The predicted octanol–water partition coefficient (Wildman–Crippen LogP) is 5.12. The van der Waals surface area contributed by atoms with Crippen LogP contribution in [-0.4, -0.2) is 13.0 Å². The van der Waals surface area contributed by atoms with E-state index in [4.69, 9.17) is 16.3 Å². The van der Waals surface area contributed by atoms with E-state index in [-0.39, 0.29) is 5.91 Å². The van der Waals surface area contributed by atoms with Gasteiger partial charge in [-0.2, -0.15) is 0 Å². The molecule has 0 aliphatic carbocycles. The van der Waals surface area contributed by atoms with Gasteiger partial charge in [0.1, 0.15) is 11.9 Å². The number of carbonyl (C=O) groups is 1. The third-order valence-electron chi connectivity index (χ3n) is 4.48. The normalized spacial score (nSPS) is 16.0. The molecule has 0 unspecified atom stereocenters. The lowest BCUT2D eigenvalue weighted by Gasteiger charge is -2.38. The van der Waals surface area contributed by atoms with Crippen molar-refractivity contribution in [2.45, 2.75) is 6.17 Å². The third-order valence-corrected chi connectivity index (χ3v) is 4.82. The zero-order valence-electron chi connectivity index (χ0n) is 14.1. The maximum atomic E-state index is 13.3. The van der Waals surface area contributed by atoms with E-state index in [0.717, 1.165) is 22.7 Å². The summed E-state index contributed by atoms with van der Waals surface area (Å²) in [6.45, 7) is 0. The van der Waals surface area contributed by atoms with Crippen molar-refractivity contribution in [3.63, 3.8) is 0 Å². The molecule has 5 heteroatoms. The second-order valence-corrected chi connectivity index (χ2v) is 6.39. The lowest BCUT2D eigenvalue weighted by molar-refractivity contribution is 0.0975. The molecule has 1 aliphatic rings. The smallest absolute Gasteiger partial charge is 0.262 e. The molecule has 4 rings (SSSR count). The largest absolute Gasteiger partial charge is 0.497 e. The zero-order chi connectivity index (χ0) is 18.1. The molecule has 3 aromatic rings. The second-order valence-electron chi connectivity index (χ2n) is 5.99. The van der Waals surface area contributed by atoms with Crippen LogP contribution >= 0.6 is 11.6 Å². The van der Waals surface area contributed by atoms with Gasteiger partial charge in [-0.25, -0.2) is 0 Å². The number of nitrogens with zero attached hydrogens (tertiary/aromatic N) is 1. The number of hydrogen-bond acceptors (Lipinski definition) is 3. The predicted molar refractivity (Wildman–Crippen MR) is 104 cm³/mol. The van der Waals surface area contributed by atoms with Gasteiger partial charge in [0.15, 0.2) is 0 Å². The molecule has 0 spiro atoms. The number of anilines is 2. The Morgan fingerprint density at radius 2 is 1.65 bits per heavy atom. The SMILES string of the molecule is COc1ccc(N2C(=O)c3ccccc3N[C@H]2c2ccccc2Cl)cc1. The number of rotatable bonds is 3. The summed E-state index contributed by atoms with van der Waals surface area (Å²) in [5.74, 6) is 0.662. The lowest BCUT2D eigenvalue weighted by atomic mass is 10.0. The number of amides is 1. The molecule has 1 amide bonds. The minimum Gasteiger partial charge on any atom is -0.497 e. The molecule has 0 aromatic heterocycles. The number of para-hydroxylation sites is 1. The summed E-state index contributed by atoms with van der Waals surface area (Å²) in [5.41, 5.74) is 3.04. The Balaban J connectivity index is 1.86.